The van der Waals surface area contributed by atoms with E-state index in [1.165, 1.54) is 0 Å². The predicted molar refractivity (Wildman–Crippen MR) is 54.1 cm³/mol. The van der Waals surface area contributed by atoms with Gasteiger partial charge in [-0.15, -0.1) is 0 Å². The molecule has 0 fully saturated rings. The van der Waals surface area contributed by atoms with E-state index in [9.17, 15) is 4.79 Å². The van der Waals surface area contributed by atoms with Crippen LogP contribution in [-0.4, -0.2) is 31.1 Å². The third-order valence-electron chi connectivity index (χ3n) is 1.31. The maximum Gasteiger partial charge on any atom is 0.430 e. The minimum Gasteiger partial charge on any atom is -0.463 e. The monoisotopic (exact) mass is 205 g/mol. The molecule has 0 aromatic carbocycles. The average molecular weight is 205 g/mol. The second-order valence-electron chi connectivity index (χ2n) is 3.94. The largest absolute Gasteiger partial charge is 0.463 e. The van der Waals surface area contributed by atoms with Gasteiger partial charge in [-0.2, -0.15) is 5.06 Å². The number of hydroxylamine groups is 2. The highest BCUT2D eigenvalue weighted by Crippen LogP contribution is 2.08. The maximum absolute atomic E-state index is 10.7. The van der Waals surface area contributed by atoms with Crippen molar-refractivity contribution in [2.45, 2.75) is 39.4 Å². The quantitative estimate of drug-likeness (QED) is 0.554. The van der Waals surface area contributed by atoms with Gasteiger partial charge in [0.2, 0.25) is 8.32 Å². The molecule has 0 radical (unpaired) electrons. The van der Waals surface area contributed by atoms with Gasteiger partial charge in [0.25, 0.3) is 0 Å². The van der Waals surface area contributed by atoms with Gasteiger partial charge in [0.05, 0.1) is 6.54 Å². The Morgan fingerprint density at radius 2 is 2.00 bits per heavy atom. The standard InChI is InChI=1S/C8H19NO3Si/c1-5-6-7-9(8(10)11)12-13(2,3)4/h5-7H2,1-4H3,(H,10,11). The zero-order valence-electron chi connectivity index (χ0n) is 8.83. The number of rotatable bonds is 5. The van der Waals surface area contributed by atoms with Crippen LogP contribution in [-0.2, 0) is 4.53 Å². The van der Waals surface area contributed by atoms with Crippen molar-refractivity contribution in [2.75, 3.05) is 6.54 Å². The second-order valence-corrected chi connectivity index (χ2v) is 8.35. The smallest absolute Gasteiger partial charge is 0.430 e. The molecular weight excluding hydrogens is 186 g/mol. The Balaban J connectivity index is 4.03. The van der Waals surface area contributed by atoms with Crippen LogP contribution in [0.3, 0.4) is 0 Å². The molecule has 0 saturated carbocycles. The van der Waals surface area contributed by atoms with Crippen molar-refractivity contribution in [2.24, 2.45) is 0 Å². The Hall–Kier alpha value is -0.553. The number of carboxylic acid groups (broad SMARTS) is 1. The van der Waals surface area contributed by atoms with E-state index in [1.54, 1.807) is 0 Å². The van der Waals surface area contributed by atoms with Gasteiger partial charge < -0.3 is 9.63 Å². The Morgan fingerprint density at radius 1 is 1.46 bits per heavy atom. The Kier molecular flexibility index (Phi) is 5.01. The first-order valence-electron chi connectivity index (χ1n) is 4.56. The van der Waals surface area contributed by atoms with E-state index in [0.717, 1.165) is 17.9 Å². The SMILES string of the molecule is CCCCN(O[Si](C)(C)C)C(=O)O. The Bertz CT molecular complexity index is 167. The van der Waals surface area contributed by atoms with E-state index in [1.807, 2.05) is 26.6 Å². The Labute approximate surface area is 80.6 Å². The predicted octanol–water partition coefficient (Wildman–Crippen LogP) is 2.53. The fourth-order valence-corrected chi connectivity index (χ4v) is 1.64. The third kappa shape index (κ3) is 6.59. The summed E-state index contributed by atoms with van der Waals surface area (Å²) in [6, 6.07) is 0. The maximum atomic E-state index is 10.7. The Morgan fingerprint density at radius 3 is 2.31 bits per heavy atom. The molecule has 0 rings (SSSR count). The van der Waals surface area contributed by atoms with E-state index in [2.05, 4.69) is 0 Å². The first-order chi connectivity index (χ1) is 5.87. The molecule has 0 aromatic rings. The van der Waals surface area contributed by atoms with Gasteiger partial charge in [-0.05, 0) is 26.1 Å². The van der Waals surface area contributed by atoms with E-state index in [4.69, 9.17) is 9.63 Å². The molecule has 0 spiro atoms. The van der Waals surface area contributed by atoms with Gasteiger partial charge in [0.15, 0.2) is 0 Å². The lowest BCUT2D eigenvalue weighted by atomic mass is 10.3. The van der Waals surface area contributed by atoms with Crippen molar-refractivity contribution in [3.63, 3.8) is 0 Å². The molecule has 0 aliphatic heterocycles. The van der Waals surface area contributed by atoms with E-state index >= 15 is 0 Å². The van der Waals surface area contributed by atoms with Crippen LogP contribution in [0, 0.1) is 0 Å². The minimum absolute atomic E-state index is 0.468. The molecular formula is C8H19NO3Si. The summed E-state index contributed by atoms with van der Waals surface area (Å²) >= 11 is 0. The number of unbranched alkanes of at least 4 members (excludes halogenated alkanes) is 1. The van der Waals surface area contributed by atoms with E-state index in [0.29, 0.717) is 6.54 Å². The summed E-state index contributed by atoms with van der Waals surface area (Å²) in [6.45, 7) is 8.39. The molecule has 4 nitrogen and oxygen atoms in total. The van der Waals surface area contributed by atoms with Crippen LogP contribution < -0.4 is 0 Å². The van der Waals surface area contributed by atoms with Crippen LogP contribution in [0.5, 0.6) is 0 Å². The van der Waals surface area contributed by atoms with Crippen molar-refractivity contribution >= 4 is 14.4 Å². The molecule has 0 unspecified atom stereocenters. The lowest BCUT2D eigenvalue weighted by Crippen LogP contribution is -2.40. The van der Waals surface area contributed by atoms with Gasteiger partial charge in [0.1, 0.15) is 0 Å². The summed E-state index contributed by atoms with van der Waals surface area (Å²) in [5.41, 5.74) is 0. The van der Waals surface area contributed by atoms with Crippen molar-refractivity contribution in [3.05, 3.63) is 0 Å². The van der Waals surface area contributed by atoms with Crippen LogP contribution in [0.4, 0.5) is 4.79 Å². The zero-order valence-corrected chi connectivity index (χ0v) is 9.83. The molecule has 1 amide bonds. The highest BCUT2D eigenvalue weighted by Gasteiger charge is 2.22. The molecule has 1 N–H and O–H groups in total. The number of hydrogen-bond donors (Lipinski definition) is 1. The number of hydrogen-bond acceptors (Lipinski definition) is 2. The molecule has 0 atom stereocenters. The summed E-state index contributed by atoms with van der Waals surface area (Å²) in [5, 5.41) is 9.85. The average Bonchev–Trinajstić information content (AvgIpc) is 1.95. The number of carbonyl (C=O) groups is 1. The van der Waals surface area contributed by atoms with Crippen molar-refractivity contribution < 1.29 is 14.4 Å². The summed E-state index contributed by atoms with van der Waals surface area (Å²) in [7, 11) is -1.79. The van der Waals surface area contributed by atoms with Crippen molar-refractivity contribution in [1.29, 1.82) is 0 Å². The lowest BCUT2D eigenvalue weighted by molar-refractivity contribution is -0.0447. The lowest BCUT2D eigenvalue weighted by Gasteiger charge is -2.26. The summed E-state index contributed by atoms with van der Waals surface area (Å²) in [5.74, 6) is 0. The van der Waals surface area contributed by atoms with Gasteiger partial charge in [-0.1, -0.05) is 13.3 Å². The fourth-order valence-electron chi connectivity index (χ4n) is 0.813. The highest BCUT2D eigenvalue weighted by atomic mass is 28.4. The topological polar surface area (TPSA) is 49.8 Å². The summed E-state index contributed by atoms with van der Waals surface area (Å²) < 4.78 is 5.37. The van der Waals surface area contributed by atoms with Gasteiger partial charge in [-0.25, -0.2) is 4.79 Å². The van der Waals surface area contributed by atoms with Crippen LogP contribution in [0.25, 0.3) is 0 Å². The molecule has 0 aliphatic carbocycles. The minimum atomic E-state index is -1.79. The molecule has 0 heterocycles. The molecule has 0 aromatic heterocycles. The summed E-state index contributed by atoms with van der Waals surface area (Å²) in [4.78, 5) is 10.7. The number of nitrogens with zero attached hydrogens (tertiary/aromatic N) is 1. The van der Waals surface area contributed by atoms with Crippen LogP contribution in [0.15, 0.2) is 0 Å². The fraction of sp³-hybridized carbons (Fsp3) is 0.875. The van der Waals surface area contributed by atoms with Crippen molar-refractivity contribution in [3.8, 4) is 0 Å². The number of amides is 1. The summed E-state index contributed by atoms with van der Waals surface area (Å²) in [6.07, 6.45) is 0.825. The van der Waals surface area contributed by atoms with Crippen LogP contribution in [0.1, 0.15) is 19.8 Å². The van der Waals surface area contributed by atoms with Crippen molar-refractivity contribution in [1.82, 2.24) is 5.06 Å². The zero-order chi connectivity index (χ0) is 10.5. The molecule has 0 aliphatic rings. The first-order valence-corrected chi connectivity index (χ1v) is 7.97. The van der Waals surface area contributed by atoms with Crippen LogP contribution in [0.2, 0.25) is 19.6 Å². The molecule has 78 valence electrons. The van der Waals surface area contributed by atoms with E-state index in [-0.39, 0.29) is 0 Å². The second kappa shape index (κ2) is 5.24. The first kappa shape index (κ1) is 12.4. The highest BCUT2D eigenvalue weighted by molar-refractivity contribution is 6.69. The van der Waals surface area contributed by atoms with Gasteiger partial charge in [-0.3, -0.25) is 0 Å². The molecule has 13 heavy (non-hydrogen) atoms. The molecule has 5 heteroatoms. The molecule has 0 bridgehead atoms. The molecule has 0 saturated heterocycles. The van der Waals surface area contributed by atoms with Gasteiger partial charge in [0, 0.05) is 0 Å². The van der Waals surface area contributed by atoms with Crippen LogP contribution >= 0.6 is 0 Å². The van der Waals surface area contributed by atoms with Gasteiger partial charge >= 0.3 is 6.09 Å². The third-order valence-corrected chi connectivity index (χ3v) is 2.08. The van der Waals surface area contributed by atoms with E-state index < -0.39 is 14.4 Å². The normalized spacial score (nSPS) is 11.4.